The van der Waals surface area contributed by atoms with E-state index in [1.807, 2.05) is 54.6 Å². The molecule has 28 heavy (non-hydrogen) atoms. The number of carbonyl (C=O) groups is 1. The normalized spacial score (nSPS) is 10.6. The maximum absolute atomic E-state index is 13.2. The SMILES string of the molecule is O=C(c1cc(-c2ccccc2)n[nH]1)N(Cc1ccncc1)Cc1cccnc1. The van der Waals surface area contributed by atoms with Crippen LogP contribution in [0.25, 0.3) is 11.3 Å². The molecule has 6 heteroatoms. The number of carbonyl (C=O) groups excluding carboxylic acids is 1. The maximum Gasteiger partial charge on any atom is 0.272 e. The molecule has 0 bridgehead atoms. The Bertz CT molecular complexity index is 991. The fourth-order valence-corrected chi connectivity index (χ4v) is 2.98. The molecule has 138 valence electrons. The number of nitrogens with zero attached hydrogens (tertiary/aromatic N) is 4. The van der Waals surface area contributed by atoms with Gasteiger partial charge in [-0.25, -0.2) is 0 Å². The number of amides is 1. The molecule has 0 unspecified atom stereocenters. The zero-order valence-electron chi connectivity index (χ0n) is 15.2. The Labute approximate surface area is 162 Å². The Morgan fingerprint density at radius 3 is 2.39 bits per heavy atom. The molecular formula is C22H19N5O. The first-order valence-electron chi connectivity index (χ1n) is 8.97. The summed E-state index contributed by atoms with van der Waals surface area (Å²) >= 11 is 0. The monoisotopic (exact) mass is 369 g/mol. The molecule has 0 saturated heterocycles. The fourth-order valence-electron chi connectivity index (χ4n) is 2.98. The molecule has 4 aromatic rings. The second-order valence-electron chi connectivity index (χ2n) is 6.41. The fraction of sp³-hybridized carbons (Fsp3) is 0.0909. The van der Waals surface area contributed by atoms with E-state index in [0.717, 1.165) is 22.4 Å². The van der Waals surface area contributed by atoms with Gasteiger partial charge in [0.1, 0.15) is 5.69 Å². The highest BCUT2D eigenvalue weighted by Crippen LogP contribution is 2.19. The number of nitrogens with one attached hydrogen (secondary N) is 1. The van der Waals surface area contributed by atoms with Gasteiger partial charge in [-0.15, -0.1) is 0 Å². The van der Waals surface area contributed by atoms with Gasteiger partial charge in [-0.05, 0) is 35.4 Å². The predicted octanol–water partition coefficient (Wildman–Crippen LogP) is 3.71. The molecule has 0 saturated carbocycles. The summed E-state index contributed by atoms with van der Waals surface area (Å²) in [5.41, 5.74) is 4.14. The lowest BCUT2D eigenvalue weighted by atomic mass is 10.1. The molecule has 0 aliphatic heterocycles. The molecule has 1 amide bonds. The Hall–Kier alpha value is -3.80. The summed E-state index contributed by atoms with van der Waals surface area (Å²) in [4.78, 5) is 23.2. The molecule has 0 aliphatic carbocycles. The van der Waals surface area contributed by atoms with Crippen molar-refractivity contribution < 1.29 is 4.79 Å². The Morgan fingerprint density at radius 2 is 1.64 bits per heavy atom. The van der Waals surface area contributed by atoms with Crippen LogP contribution in [0.4, 0.5) is 0 Å². The van der Waals surface area contributed by atoms with Crippen molar-refractivity contribution in [3.63, 3.8) is 0 Å². The van der Waals surface area contributed by atoms with E-state index in [0.29, 0.717) is 18.8 Å². The zero-order chi connectivity index (χ0) is 19.2. The number of benzene rings is 1. The second kappa shape index (κ2) is 8.26. The third-order valence-electron chi connectivity index (χ3n) is 4.38. The quantitative estimate of drug-likeness (QED) is 0.562. The van der Waals surface area contributed by atoms with Gasteiger partial charge in [-0.3, -0.25) is 19.9 Å². The number of hydrogen-bond donors (Lipinski definition) is 1. The standard InChI is InChI=1S/C22H19N5O/c28-22(21-13-20(25-26-21)19-6-2-1-3-7-19)27(15-17-8-11-23-12-9-17)16-18-5-4-10-24-14-18/h1-14H,15-16H2,(H,25,26). The van der Waals surface area contributed by atoms with E-state index in [-0.39, 0.29) is 5.91 Å². The van der Waals surface area contributed by atoms with Gasteiger partial charge in [-0.2, -0.15) is 5.10 Å². The van der Waals surface area contributed by atoms with Gasteiger partial charge in [0.25, 0.3) is 5.91 Å². The summed E-state index contributed by atoms with van der Waals surface area (Å²) in [6, 6.07) is 19.2. The van der Waals surface area contributed by atoms with E-state index in [1.165, 1.54) is 0 Å². The van der Waals surface area contributed by atoms with E-state index in [9.17, 15) is 4.79 Å². The molecule has 1 aromatic carbocycles. The van der Waals surface area contributed by atoms with Crippen LogP contribution in [-0.2, 0) is 13.1 Å². The maximum atomic E-state index is 13.2. The zero-order valence-corrected chi connectivity index (χ0v) is 15.2. The molecule has 0 radical (unpaired) electrons. The van der Waals surface area contributed by atoms with Crippen LogP contribution in [-0.4, -0.2) is 31.0 Å². The van der Waals surface area contributed by atoms with Gasteiger partial charge < -0.3 is 4.90 Å². The van der Waals surface area contributed by atoms with Crippen molar-refractivity contribution in [2.24, 2.45) is 0 Å². The number of aromatic amines is 1. The smallest absolute Gasteiger partial charge is 0.272 e. The van der Waals surface area contributed by atoms with Crippen molar-refractivity contribution in [2.45, 2.75) is 13.1 Å². The van der Waals surface area contributed by atoms with Gasteiger partial charge >= 0.3 is 0 Å². The number of pyridine rings is 2. The summed E-state index contributed by atoms with van der Waals surface area (Å²) < 4.78 is 0. The van der Waals surface area contributed by atoms with Gasteiger partial charge in [0.05, 0.1) is 5.69 Å². The van der Waals surface area contributed by atoms with E-state index < -0.39 is 0 Å². The van der Waals surface area contributed by atoms with E-state index >= 15 is 0 Å². The number of aromatic nitrogens is 4. The molecule has 0 spiro atoms. The summed E-state index contributed by atoms with van der Waals surface area (Å²) in [5.74, 6) is -0.115. The van der Waals surface area contributed by atoms with Crippen molar-refractivity contribution >= 4 is 5.91 Å². The number of H-pyrrole nitrogens is 1. The third-order valence-corrected chi connectivity index (χ3v) is 4.38. The second-order valence-corrected chi connectivity index (χ2v) is 6.41. The van der Waals surface area contributed by atoms with Gasteiger partial charge in [-0.1, -0.05) is 36.4 Å². The van der Waals surface area contributed by atoms with E-state index in [2.05, 4.69) is 20.2 Å². The number of hydrogen-bond acceptors (Lipinski definition) is 4. The Morgan fingerprint density at radius 1 is 0.857 bits per heavy atom. The highest BCUT2D eigenvalue weighted by Gasteiger charge is 2.19. The van der Waals surface area contributed by atoms with Crippen LogP contribution in [0.3, 0.4) is 0 Å². The molecule has 6 nitrogen and oxygen atoms in total. The van der Waals surface area contributed by atoms with Crippen LogP contribution in [0.2, 0.25) is 0 Å². The van der Waals surface area contributed by atoms with Gasteiger partial charge in [0.2, 0.25) is 0 Å². The third kappa shape index (κ3) is 4.12. The van der Waals surface area contributed by atoms with Crippen molar-refractivity contribution in [1.29, 1.82) is 0 Å². The molecule has 3 aromatic heterocycles. The van der Waals surface area contributed by atoms with Crippen molar-refractivity contribution in [1.82, 2.24) is 25.1 Å². The lowest BCUT2D eigenvalue weighted by Crippen LogP contribution is -2.30. The lowest BCUT2D eigenvalue weighted by Gasteiger charge is -2.22. The van der Waals surface area contributed by atoms with Crippen LogP contribution in [0.15, 0.2) is 85.5 Å². The molecular weight excluding hydrogens is 350 g/mol. The predicted molar refractivity (Wildman–Crippen MR) is 106 cm³/mol. The van der Waals surface area contributed by atoms with Crippen LogP contribution < -0.4 is 0 Å². The molecule has 1 N–H and O–H groups in total. The molecule has 0 fully saturated rings. The first-order chi connectivity index (χ1) is 13.8. The minimum Gasteiger partial charge on any atom is -0.329 e. The molecule has 0 atom stereocenters. The van der Waals surface area contributed by atoms with Gasteiger partial charge in [0.15, 0.2) is 0 Å². The van der Waals surface area contributed by atoms with Gasteiger partial charge in [0, 0.05) is 43.4 Å². The van der Waals surface area contributed by atoms with Crippen molar-refractivity contribution in [2.75, 3.05) is 0 Å². The summed E-state index contributed by atoms with van der Waals surface area (Å²) in [6.07, 6.45) is 6.95. The number of rotatable bonds is 6. The first kappa shape index (κ1) is 17.6. The topological polar surface area (TPSA) is 74.8 Å². The van der Waals surface area contributed by atoms with Crippen molar-refractivity contribution in [3.05, 3.63) is 102 Å². The molecule has 0 aliphatic rings. The van der Waals surface area contributed by atoms with Crippen LogP contribution in [0.5, 0.6) is 0 Å². The van der Waals surface area contributed by atoms with Crippen LogP contribution >= 0.6 is 0 Å². The Kier molecular flexibility index (Phi) is 5.20. The lowest BCUT2D eigenvalue weighted by molar-refractivity contribution is 0.0724. The highest BCUT2D eigenvalue weighted by atomic mass is 16.2. The minimum absolute atomic E-state index is 0.115. The van der Waals surface area contributed by atoms with Crippen LogP contribution in [0.1, 0.15) is 21.6 Å². The Balaban J connectivity index is 1.60. The average Bonchev–Trinajstić information content (AvgIpc) is 3.25. The first-order valence-corrected chi connectivity index (χ1v) is 8.97. The molecule has 4 rings (SSSR count). The largest absolute Gasteiger partial charge is 0.329 e. The molecule has 3 heterocycles. The minimum atomic E-state index is -0.115. The van der Waals surface area contributed by atoms with Crippen molar-refractivity contribution in [3.8, 4) is 11.3 Å². The highest BCUT2D eigenvalue weighted by molar-refractivity contribution is 5.93. The summed E-state index contributed by atoms with van der Waals surface area (Å²) in [5, 5.41) is 7.20. The summed E-state index contributed by atoms with van der Waals surface area (Å²) in [7, 11) is 0. The summed E-state index contributed by atoms with van der Waals surface area (Å²) in [6.45, 7) is 0.921. The van der Waals surface area contributed by atoms with Crippen LogP contribution in [0, 0.1) is 0 Å². The van der Waals surface area contributed by atoms with E-state index in [4.69, 9.17) is 0 Å². The van der Waals surface area contributed by atoms with E-state index in [1.54, 1.807) is 35.8 Å². The average molecular weight is 369 g/mol.